The van der Waals surface area contributed by atoms with Gasteiger partial charge in [0.05, 0.1) is 21.3 Å². The molecule has 0 saturated heterocycles. The maximum Gasteiger partial charge on any atom is 0.251 e. The second-order valence-corrected chi connectivity index (χ2v) is 7.11. The van der Waals surface area contributed by atoms with Gasteiger partial charge in [0, 0.05) is 16.5 Å². The molecule has 27 heavy (non-hydrogen) atoms. The number of carbonyl (C=O) groups excluding carboxylic acids is 1. The summed E-state index contributed by atoms with van der Waals surface area (Å²) in [6, 6.07) is 13.7. The molecular weight excluding hydrogens is 362 g/mol. The minimum Gasteiger partial charge on any atom is -0.493 e. The van der Waals surface area contributed by atoms with Crippen molar-refractivity contribution in [2.45, 2.75) is 30.7 Å². The largest absolute Gasteiger partial charge is 0.493 e. The Morgan fingerprint density at radius 3 is 2.19 bits per heavy atom. The van der Waals surface area contributed by atoms with Crippen LogP contribution in [0.25, 0.3) is 0 Å². The molecule has 1 atom stereocenters. The number of benzene rings is 2. The second-order valence-electron chi connectivity index (χ2n) is 5.94. The molecule has 0 fully saturated rings. The Bertz CT molecular complexity index is 711. The van der Waals surface area contributed by atoms with E-state index in [4.69, 9.17) is 14.2 Å². The van der Waals surface area contributed by atoms with Crippen molar-refractivity contribution < 1.29 is 19.0 Å². The van der Waals surface area contributed by atoms with Crippen molar-refractivity contribution in [2.24, 2.45) is 0 Å². The molecule has 0 aliphatic rings. The molecule has 2 aromatic rings. The van der Waals surface area contributed by atoms with Gasteiger partial charge in [-0.25, -0.2) is 0 Å². The molecule has 0 aliphatic carbocycles. The van der Waals surface area contributed by atoms with E-state index < -0.39 is 0 Å². The van der Waals surface area contributed by atoms with Crippen molar-refractivity contribution >= 4 is 17.7 Å². The topological polar surface area (TPSA) is 56.8 Å². The molecular formula is C21H27NO4S. The molecule has 0 bridgehead atoms. The van der Waals surface area contributed by atoms with Crippen LogP contribution >= 0.6 is 11.8 Å². The molecule has 6 heteroatoms. The maximum absolute atomic E-state index is 12.7. The lowest BCUT2D eigenvalue weighted by Crippen LogP contribution is -2.34. The van der Waals surface area contributed by atoms with Crippen molar-refractivity contribution in [3.05, 3.63) is 48.0 Å². The monoisotopic (exact) mass is 389 g/mol. The van der Waals surface area contributed by atoms with E-state index in [1.807, 2.05) is 18.2 Å². The fourth-order valence-electron chi connectivity index (χ4n) is 2.70. The van der Waals surface area contributed by atoms with Crippen LogP contribution in [0.1, 0.15) is 30.1 Å². The van der Waals surface area contributed by atoms with Crippen molar-refractivity contribution in [3.63, 3.8) is 0 Å². The molecule has 0 aromatic heterocycles. The van der Waals surface area contributed by atoms with E-state index in [-0.39, 0.29) is 11.9 Å². The number of carbonyl (C=O) groups is 1. The van der Waals surface area contributed by atoms with Gasteiger partial charge in [0.15, 0.2) is 11.5 Å². The van der Waals surface area contributed by atoms with Gasteiger partial charge >= 0.3 is 0 Å². The van der Waals surface area contributed by atoms with Crippen molar-refractivity contribution in [1.82, 2.24) is 5.32 Å². The van der Waals surface area contributed by atoms with Crippen LogP contribution < -0.4 is 19.5 Å². The van der Waals surface area contributed by atoms with Crippen LogP contribution in [0.15, 0.2) is 47.4 Å². The first kappa shape index (κ1) is 21.0. The van der Waals surface area contributed by atoms with Gasteiger partial charge in [-0.05, 0) is 42.9 Å². The average Bonchev–Trinajstić information content (AvgIpc) is 2.72. The number of rotatable bonds is 10. The fraction of sp³-hybridized carbons (Fsp3) is 0.381. The standard InChI is InChI=1S/C21H27NO4S/c1-5-16(11-12-27-17-9-7-6-8-10-17)22-21(23)15-13-18(24-2)20(26-4)19(14-15)25-3/h6-10,13-14,16H,5,11-12H2,1-4H3,(H,22,23). The van der Waals surface area contributed by atoms with E-state index in [1.54, 1.807) is 23.9 Å². The highest BCUT2D eigenvalue weighted by atomic mass is 32.2. The zero-order chi connectivity index (χ0) is 19.6. The summed E-state index contributed by atoms with van der Waals surface area (Å²) in [5, 5.41) is 3.11. The van der Waals surface area contributed by atoms with Crippen LogP contribution in [0.4, 0.5) is 0 Å². The summed E-state index contributed by atoms with van der Waals surface area (Å²) in [6.45, 7) is 2.08. The van der Waals surface area contributed by atoms with Crippen LogP contribution in [-0.2, 0) is 0 Å². The number of methoxy groups -OCH3 is 3. The highest BCUT2D eigenvalue weighted by Crippen LogP contribution is 2.38. The van der Waals surface area contributed by atoms with Gasteiger partial charge in [-0.2, -0.15) is 0 Å². The van der Waals surface area contributed by atoms with Crippen LogP contribution in [-0.4, -0.2) is 39.0 Å². The zero-order valence-electron chi connectivity index (χ0n) is 16.3. The Kier molecular flexibility index (Phi) is 8.33. The molecule has 1 unspecified atom stereocenters. The van der Waals surface area contributed by atoms with Crippen molar-refractivity contribution in [1.29, 1.82) is 0 Å². The van der Waals surface area contributed by atoms with E-state index in [9.17, 15) is 4.79 Å². The number of hydrogen-bond acceptors (Lipinski definition) is 5. The van der Waals surface area contributed by atoms with Gasteiger partial charge < -0.3 is 19.5 Å². The van der Waals surface area contributed by atoms with Gasteiger partial charge in [-0.1, -0.05) is 25.1 Å². The van der Waals surface area contributed by atoms with Gasteiger partial charge in [0.2, 0.25) is 5.75 Å². The van der Waals surface area contributed by atoms with Gasteiger partial charge in [0.25, 0.3) is 5.91 Å². The molecule has 1 N–H and O–H groups in total. The molecule has 2 aromatic carbocycles. The summed E-state index contributed by atoms with van der Waals surface area (Å²) < 4.78 is 16.0. The van der Waals surface area contributed by atoms with Crippen molar-refractivity contribution in [3.8, 4) is 17.2 Å². The molecule has 0 radical (unpaired) electrons. The number of thioether (sulfide) groups is 1. The highest BCUT2D eigenvalue weighted by Gasteiger charge is 2.18. The Balaban J connectivity index is 2.01. The lowest BCUT2D eigenvalue weighted by atomic mass is 10.1. The first-order chi connectivity index (χ1) is 13.1. The van der Waals surface area contributed by atoms with Gasteiger partial charge in [0.1, 0.15) is 0 Å². The summed E-state index contributed by atoms with van der Waals surface area (Å²) in [6.07, 6.45) is 1.76. The van der Waals surface area contributed by atoms with E-state index >= 15 is 0 Å². The van der Waals surface area contributed by atoms with E-state index in [0.29, 0.717) is 22.8 Å². The fourth-order valence-corrected chi connectivity index (χ4v) is 3.68. The SMILES string of the molecule is CCC(CCSc1ccccc1)NC(=O)c1cc(OC)c(OC)c(OC)c1. The number of hydrogen-bond donors (Lipinski definition) is 1. The number of amides is 1. The third-order valence-electron chi connectivity index (χ3n) is 4.23. The Morgan fingerprint density at radius 2 is 1.67 bits per heavy atom. The quantitative estimate of drug-likeness (QED) is 0.610. The summed E-state index contributed by atoms with van der Waals surface area (Å²) >= 11 is 1.80. The highest BCUT2D eigenvalue weighted by molar-refractivity contribution is 7.99. The van der Waals surface area contributed by atoms with Crippen LogP contribution in [0, 0.1) is 0 Å². The van der Waals surface area contributed by atoms with Gasteiger partial charge in [-0.15, -0.1) is 11.8 Å². The zero-order valence-corrected chi connectivity index (χ0v) is 17.1. The predicted octanol–water partition coefficient (Wildman–Crippen LogP) is 4.40. The van der Waals surface area contributed by atoms with E-state index in [1.165, 1.54) is 26.2 Å². The Labute approximate surface area is 165 Å². The van der Waals surface area contributed by atoms with E-state index in [2.05, 4.69) is 24.4 Å². The summed E-state index contributed by atoms with van der Waals surface area (Å²) in [5.74, 6) is 2.20. The normalized spacial score (nSPS) is 11.6. The predicted molar refractivity (Wildman–Crippen MR) is 109 cm³/mol. The lowest BCUT2D eigenvalue weighted by molar-refractivity contribution is 0.0934. The third kappa shape index (κ3) is 5.82. The molecule has 5 nitrogen and oxygen atoms in total. The first-order valence-corrected chi connectivity index (χ1v) is 9.90. The minimum atomic E-state index is -0.147. The molecule has 146 valence electrons. The summed E-state index contributed by atoms with van der Waals surface area (Å²) in [4.78, 5) is 14.0. The molecule has 0 spiro atoms. The van der Waals surface area contributed by atoms with Gasteiger partial charge in [-0.3, -0.25) is 4.79 Å². The third-order valence-corrected chi connectivity index (χ3v) is 5.28. The molecule has 0 saturated carbocycles. The summed E-state index contributed by atoms with van der Waals surface area (Å²) in [7, 11) is 4.61. The first-order valence-electron chi connectivity index (χ1n) is 8.91. The second kappa shape index (κ2) is 10.7. The van der Waals surface area contributed by atoms with Crippen LogP contribution in [0.3, 0.4) is 0 Å². The smallest absolute Gasteiger partial charge is 0.251 e. The molecule has 0 aliphatic heterocycles. The van der Waals surface area contributed by atoms with Crippen molar-refractivity contribution in [2.75, 3.05) is 27.1 Å². The lowest BCUT2D eigenvalue weighted by Gasteiger charge is -2.18. The Hall–Kier alpha value is -2.34. The maximum atomic E-state index is 12.7. The molecule has 2 rings (SSSR count). The van der Waals surface area contributed by atoms with Crippen LogP contribution in [0.2, 0.25) is 0 Å². The van der Waals surface area contributed by atoms with E-state index in [0.717, 1.165) is 18.6 Å². The number of ether oxygens (including phenoxy) is 3. The molecule has 1 amide bonds. The van der Waals surface area contributed by atoms with Crippen LogP contribution in [0.5, 0.6) is 17.2 Å². The number of nitrogens with one attached hydrogen (secondary N) is 1. The Morgan fingerprint density at radius 1 is 1.04 bits per heavy atom. The average molecular weight is 390 g/mol. The molecule has 0 heterocycles. The minimum absolute atomic E-state index is 0.104. The summed E-state index contributed by atoms with van der Waals surface area (Å²) in [5.41, 5.74) is 0.485.